The van der Waals surface area contributed by atoms with E-state index in [1.807, 2.05) is 24.3 Å². The topological polar surface area (TPSA) is 24.9 Å². The molecule has 0 saturated heterocycles. The highest BCUT2D eigenvalue weighted by atomic mass is 16.5. The van der Waals surface area contributed by atoms with Gasteiger partial charge in [-0.3, -0.25) is 0 Å². The predicted molar refractivity (Wildman–Crippen MR) is 133 cm³/mol. The summed E-state index contributed by atoms with van der Waals surface area (Å²) in [5.41, 5.74) is 6.03. The van der Waals surface area contributed by atoms with Crippen LogP contribution in [0.4, 0.5) is 22.7 Å². The lowest BCUT2D eigenvalue weighted by Crippen LogP contribution is -2.21. The van der Waals surface area contributed by atoms with E-state index in [9.17, 15) is 0 Å². The van der Waals surface area contributed by atoms with Gasteiger partial charge < -0.3 is 19.3 Å². The van der Waals surface area contributed by atoms with E-state index in [-0.39, 0.29) is 0 Å². The lowest BCUT2D eigenvalue weighted by molar-refractivity contribution is 0.415. The van der Waals surface area contributed by atoms with Crippen molar-refractivity contribution in [2.45, 2.75) is 19.9 Å². The molecule has 0 amide bonds. The summed E-state index contributed by atoms with van der Waals surface area (Å²) < 4.78 is 10.8. The smallest absolute Gasteiger partial charge is 0.119 e. The van der Waals surface area contributed by atoms with Crippen molar-refractivity contribution in [2.75, 3.05) is 30.6 Å². The molecule has 5 rings (SSSR count). The molecule has 0 N–H and O–H groups in total. The molecule has 0 spiro atoms. The van der Waals surface area contributed by atoms with Gasteiger partial charge in [-0.15, -0.1) is 0 Å². The Kier molecular flexibility index (Phi) is 5.14. The van der Waals surface area contributed by atoms with E-state index >= 15 is 0 Å². The summed E-state index contributed by atoms with van der Waals surface area (Å²) in [5.74, 6) is 1.69. The molecule has 0 saturated carbocycles. The van der Waals surface area contributed by atoms with E-state index in [1.54, 1.807) is 14.2 Å². The fourth-order valence-electron chi connectivity index (χ4n) is 4.89. The summed E-state index contributed by atoms with van der Waals surface area (Å²) in [5, 5.41) is 2.61. The van der Waals surface area contributed by atoms with Crippen LogP contribution < -0.4 is 19.3 Å². The van der Waals surface area contributed by atoms with Gasteiger partial charge >= 0.3 is 0 Å². The lowest BCUT2D eigenvalue weighted by atomic mass is 10.0. The molecular formula is C28H28N2O2. The van der Waals surface area contributed by atoms with Crippen molar-refractivity contribution in [3.63, 3.8) is 0 Å². The highest BCUT2D eigenvalue weighted by molar-refractivity contribution is 6.09. The Hall–Kier alpha value is -3.66. The van der Waals surface area contributed by atoms with Crippen LogP contribution >= 0.6 is 0 Å². The number of anilines is 4. The fourth-order valence-corrected chi connectivity index (χ4v) is 4.89. The van der Waals surface area contributed by atoms with E-state index in [0.717, 1.165) is 35.1 Å². The van der Waals surface area contributed by atoms with Crippen molar-refractivity contribution in [2.24, 2.45) is 0 Å². The van der Waals surface area contributed by atoms with Crippen LogP contribution in [0.3, 0.4) is 0 Å². The Morgan fingerprint density at radius 2 is 1.38 bits per heavy atom. The largest absolute Gasteiger partial charge is 0.497 e. The molecule has 0 aliphatic carbocycles. The summed E-state index contributed by atoms with van der Waals surface area (Å²) in [7, 11) is 3.39. The van der Waals surface area contributed by atoms with Crippen molar-refractivity contribution in [3.05, 3.63) is 84.4 Å². The van der Waals surface area contributed by atoms with Gasteiger partial charge in [0, 0.05) is 34.4 Å². The van der Waals surface area contributed by atoms with Gasteiger partial charge in [0.25, 0.3) is 0 Å². The Labute approximate surface area is 189 Å². The van der Waals surface area contributed by atoms with Crippen LogP contribution in [-0.4, -0.2) is 20.8 Å². The third-order valence-corrected chi connectivity index (χ3v) is 6.50. The van der Waals surface area contributed by atoms with Crippen molar-refractivity contribution < 1.29 is 9.47 Å². The molecular weight excluding hydrogens is 396 g/mol. The number of hydrogen-bond donors (Lipinski definition) is 0. The average Bonchev–Trinajstić information content (AvgIpc) is 3.13. The van der Waals surface area contributed by atoms with Crippen molar-refractivity contribution in [1.29, 1.82) is 0 Å². The van der Waals surface area contributed by atoms with Gasteiger partial charge in [-0.2, -0.15) is 0 Å². The first-order valence-corrected chi connectivity index (χ1v) is 11.1. The second kappa shape index (κ2) is 8.12. The predicted octanol–water partition coefficient (Wildman–Crippen LogP) is 7.23. The first-order valence-electron chi connectivity index (χ1n) is 11.1. The zero-order chi connectivity index (χ0) is 22.2. The molecule has 4 nitrogen and oxygen atoms in total. The molecule has 162 valence electrons. The summed E-state index contributed by atoms with van der Waals surface area (Å²) in [6.07, 6.45) is 0. The number of nitrogens with zero attached hydrogens (tertiary/aromatic N) is 2. The summed E-state index contributed by atoms with van der Waals surface area (Å²) in [6.45, 7) is 5.51. The third kappa shape index (κ3) is 3.14. The number of benzene rings is 4. The lowest BCUT2D eigenvalue weighted by Gasteiger charge is -2.28. The van der Waals surface area contributed by atoms with Gasteiger partial charge in [0.05, 0.1) is 25.9 Å². The highest BCUT2D eigenvalue weighted by Gasteiger charge is 2.29. The molecule has 0 bridgehead atoms. The van der Waals surface area contributed by atoms with Gasteiger partial charge in [0.2, 0.25) is 0 Å². The van der Waals surface area contributed by atoms with E-state index in [2.05, 4.69) is 78.2 Å². The maximum atomic E-state index is 5.40. The maximum absolute atomic E-state index is 5.40. The molecule has 0 fully saturated rings. The first kappa shape index (κ1) is 20.3. The minimum absolute atomic E-state index is 0.379. The van der Waals surface area contributed by atoms with Crippen LogP contribution in [0.25, 0.3) is 10.8 Å². The SMILES string of the molecule is CCN1c2ccc(N(c3ccc(OC)cc3)c3ccc(OC)cc3)c3cccc(c23)C1C. The van der Waals surface area contributed by atoms with Crippen LogP contribution in [0, 0.1) is 0 Å². The third-order valence-electron chi connectivity index (χ3n) is 6.50. The molecule has 32 heavy (non-hydrogen) atoms. The highest BCUT2D eigenvalue weighted by Crippen LogP contribution is 2.49. The number of methoxy groups -OCH3 is 2. The van der Waals surface area contributed by atoms with Crippen molar-refractivity contribution >= 4 is 33.5 Å². The minimum atomic E-state index is 0.379. The second-order valence-corrected chi connectivity index (χ2v) is 8.07. The van der Waals surface area contributed by atoms with Gasteiger partial charge in [0.1, 0.15) is 11.5 Å². The van der Waals surface area contributed by atoms with Crippen molar-refractivity contribution in [3.8, 4) is 11.5 Å². The first-order chi connectivity index (χ1) is 15.7. The summed E-state index contributed by atoms with van der Waals surface area (Å²) in [4.78, 5) is 4.79. The van der Waals surface area contributed by atoms with E-state index in [4.69, 9.17) is 9.47 Å². The molecule has 1 atom stereocenters. The number of hydrogen-bond acceptors (Lipinski definition) is 4. The Morgan fingerprint density at radius 1 is 0.781 bits per heavy atom. The van der Waals surface area contributed by atoms with E-state index in [1.165, 1.54) is 22.0 Å². The van der Waals surface area contributed by atoms with Crippen LogP contribution in [0.5, 0.6) is 11.5 Å². The van der Waals surface area contributed by atoms with Gasteiger partial charge in [0.15, 0.2) is 0 Å². The van der Waals surface area contributed by atoms with Crippen LogP contribution in [0.15, 0.2) is 78.9 Å². The van der Waals surface area contributed by atoms with E-state index in [0.29, 0.717) is 6.04 Å². The molecule has 4 aromatic carbocycles. The second-order valence-electron chi connectivity index (χ2n) is 8.07. The minimum Gasteiger partial charge on any atom is -0.497 e. The number of rotatable bonds is 6. The van der Waals surface area contributed by atoms with Gasteiger partial charge in [-0.25, -0.2) is 0 Å². The molecule has 1 aliphatic heterocycles. The molecule has 0 aromatic heterocycles. The summed E-state index contributed by atoms with van der Waals surface area (Å²) >= 11 is 0. The monoisotopic (exact) mass is 424 g/mol. The zero-order valence-corrected chi connectivity index (χ0v) is 19.0. The molecule has 1 heterocycles. The fraction of sp³-hybridized carbons (Fsp3) is 0.214. The van der Waals surface area contributed by atoms with Crippen LogP contribution in [-0.2, 0) is 0 Å². The van der Waals surface area contributed by atoms with Gasteiger partial charge in [-0.1, -0.05) is 18.2 Å². The molecule has 1 aliphatic rings. The number of ether oxygens (including phenoxy) is 2. The van der Waals surface area contributed by atoms with Crippen molar-refractivity contribution in [1.82, 2.24) is 0 Å². The standard InChI is InChI=1S/C28H28N2O2/c1-5-29-19(2)24-7-6-8-25-26(17-18-27(29)28(24)25)30(20-9-13-22(31-3)14-10-20)21-11-15-23(32-4)16-12-21/h6-19H,5H2,1-4H3. The Balaban J connectivity index is 1.74. The normalized spacial score (nSPS) is 14.6. The van der Waals surface area contributed by atoms with E-state index < -0.39 is 0 Å². The summed E-state index contributed by atoms with van der Waals surface area (Å²) in [6, 6.07) is 28.0. The van der Waals surface area contributed by atoms with Gasteiger partial charge in [-0.05, 0) is 80.1 Å². The van der Waals surface area contributed by atoms with Crippen LogP contribution in [0.1, 0.15) is 25.5 Å². The average molecular weight is 425 g/mol. The molecule has 4 aromatic rings. The quantitative estimate of drug-likeness (QED) is 0.326. The molecule has 1 unspecified atom stereocenters. The molecule has 0 radical (unpaired) electrons. The maximum Gasteiger partial charge on any atom is 0.119 e. The Morgan fingerprint density at radius 3 is 1.91 bits per heavy atom. The Bertz CT molecular complexity index is 1200. The molecule has 4 heteroatoms. The zero-order valence-electron chi connectivity index (χ0n) is 19.0. The van der Waals surface area contributed by atoms with Crippen LogP contribution in [0.2, 0.25) is 0 Å².